The summed E-state index contributed by atoms with van der Waals surface area (Å²) in [6.07, 6.45) is 0. The zero-order valence-corrected chi connectivity index (χ0v) is 15.3. The summed E-state index contributed by atoms with van der Waals surface area (Å²) in [5.41, 5.74) is 2.02. The summed E-state index contributed by atoms with van der Waals surface area (Å²) in [5, 5.41) is 3.21. The molecule has 7 heteroatoms. The molecule has 0 unspecified atom stereocenters. The van der Waals surface area contributed by atoms with Crippen molar-refractivity contribution < 1.29 is 9.53 Å². The number of carbonyl (C=O) groups is 1. The number of carbonyl (C=O) groups excluding carboxylic acids is 1. The van der Waals surface area contributed by atoms with Gasteiger partial charge in [0.25, 0.3) is 5.91 Å². The van der Waals surface area contributed by atoms with Crippen molar-refractivity contribution in [1.82, 2.24) is 9.36 Å². The van der Waals surface area contributed by atoms with Crippen molar-refractivity contribution in [2.45, 2.75) is 20.8 Å². The normalized spacial score (nSPS) is 10.6. The zero-order chi connectivity index (χ0) is 17.1. The molecule has 3 rings (SSSR count). The lowest BCUT2D eigenvalue weighted by Gasteiger charge is -2.11. The SMILES string of the molecule is Cc1ccc(-c2nsc(NC(=O)COc3c(C)cccc3C)n2)s1. The van der Waals surface area contributed by atoms with E-state index >= 15 is 0 Å². The van der Waals surface area contributed by atoms with E-state index < -0.39 is 0 Å². The number of anilines is 1. The predicted molar refractivity (Wildman–Crippen MR) is 98.0 cm³/mol. The van der Waals surface area contributed by atoms with Crippen LogP contribution in [0.1, 0.15) is 16.0 Å². The largest absolute Gasteiger partial charge is 0.483 e. The Balaban J connectivity index is 1.60. The van der Waals surface area contributed by atoms with Gasteiger partial charge in [0, 0.05) is 16.4 Å². The lowest BCUT2D eigenvalue weighted by molar-refractivity contribution is -0.118. The second-order valence-electron chi connectivity index (χ2n) is 5.39. The van der Waals surface area contributed by atoms with Crippen molar-refractivity contribution in [1.29, 1.82) is 0 Å². The Morgan fingerprint density at radius 2 is 1.92 bits per heavy atom. The Kier molecular flexibility index (Phi) is 4.92. The summed E-state index contributed by atoms with van der Waals surface area (Å²) in [4.78, 5) is 18.6. The number of hydrogen-bond donors (Lipinski definition) is 1. The van der Waals surface area contributed by atoms with Crippen molar-refractivity contribution in [3.8, 4) is 16.5 Å². The van der Waals surface area contributed by atoms with E-state index in [0.29, 0.717) is 11.0 Å². The van der Waals surface area contributed by atoms with Crippen LogP contribution in [0.25, 0.3) is 10.7 Å². The number of aryl methyl sites for hydroxylation is 3. The predicted octanol–water partition coefficient (Wildman–Crippen LogP) is 4.21. The van der Waals surface area contributed by atoms with Gasteiger partial charge in [0.1, 0.15) is 5.75 Å². The van der Waals surface area contributed by atoms with Gasteiger partial charge in [-0.3, -0.25) is 10.1 Å². The minimum atomic E-state index is -0.247. The molecule has 0 aliphatic rings. The number of thiophene rings is 1. The molecule has 5 nitrogen and oxygen atoms in total. The topological polar surface area (TPSA) is 64.1 Å². The van der Waals surface area contributed by atoms with E-state index in [1.165, 1.54) is 16.4 Å². The van der Waals surface area contributed by atoms with Gasteiger partial charge in [-0.05, 0) is 44.0 Å². The van der Waals surface area contributed by atoms with E-state index in [0.717, 1.165) is 21.8 Å². The van der Waals surface area contributed by atoms with Gasteiger partial charge in [0.15, 0.2) is 12.4 Å². The molecule has 2 aromatic heterocycles. The second kappa shape index (κ2) is 7.11. The molecule has 0 radical (unpaired) electrons. The number of amides is 1. The summed E-state index contributed by atoms with van der Waals surface area (Å²) in [7, 11) is 0. The molecule has 1 aromatic carbocycles. The summed E-state index contributed by atoms with van der Waals surface area (Å²) < 4.78 is 9.93. The molecule has 0 spiro atoms. The van der Waals surface area contributed by atoms with Gasteiger partial charge in [0.05, 0.1) is 4.88 Å². The number of nitrogens with zero attached hydrogens (tertiary/aromatic N) is 2. The molecule has 1 amide bonds. The average molecular weight is 359 g/mol. The molecule has 2 heterocycles. The van der Waals surface area contributed by atoms with Gasteiger partial charge in [-0.2, -0.15) is 9.36 Å². The van der Waals surface area contributed by atoms with Crippen LogP contribution >= 0.6 is 22.9 Å². The van der Waals surface area contributed by atoms with Crippen molar-refractivity contribution in [3.05, 3.63) is 46.3 Å². The molecule has 124 valence electrons. The molecule has 0 aliphatic heterocycles. The fourth-order valence-corrected chi connectivity index (χ4v) is 3.71. The lowest BCUT2D eigenvalue weighted by atomic mass is 10.1. The van der Waals surface area contributed by atoms with E-state index in [9.17, 15) is 4.79 Å². The van der Waals surface area contributed by atoms with E-state index in [1.807, 2.05) is 51.1 Å². The highest BCUT2D eigenvalue weighted by Crippen LogP contribution is 2.27. The summed E-state index contributed by atoms with van der Waals surface area (Å²) in [6, 6.07) is 9.89. The average Bonchev–Trinajstić information content (AvgIpc) is 3.15. The van der Waals surface area contributed by atoms with Crippen LogP contribution in [0.5, 0.6) is 5.75 Å². The van der Waals surface area contributed by atoms with Crippen LogP contribution < -0.4 is 10.1 Å². The fourth-order valence-electron chi connectivity index (χ4n) is 2.25. The van der Waals surface area contributed by atoms with E-state index in [4.69, 9.17) is 4.74 Å². The Morgan fingerprint density at radius 3 is 2.58 bits per heavy atom. The van der Waals surface area contributed by atoms with E-state index in [2.05, 4.69) is 14.7 Å². The van der Waals surface area contributed by atoms with Crippen molar-refractivity contribution >= 4 is 33.9 Å². The molecule has 24 heavy (non-hydrogen) atoms. The van der Waals surface area contributed by atoms with Gasteiger partial charge in [-0.1, -0.05) is 18.2 Å². The maximum Gasteiger partial charge on any atom is 0.264 e. The number of ether oxygens (including phenoxy) is 1. The third-order valence-corrected chi connectivity index (χ3v) is 5.02. The number of aromatic nitrogens is 2. The van der Waals surface area contributed by atoms with Crippen molar-refractivity contribution in [2.24, 2.45) is 0 Å². The number of benzene rings is 1. The van der Waals surface area contributed by atoms with Gasteiger partial charge in [-0.25, -0.2) is 0 Å². The van der Waals surface area contributed by atoms with Gasteiger partial charge in [-0.15, -0.1) is 11.3 Å². The highest BCUT2D eigenvalue weighted by molar-refractivity contribution is 7.15. The standard InChI is InChI=1S/C17H17N3O2S2/c1-10-5-4-6-11(2)15(10)22-9-14(21)18-17-19-16(20-24-17)13-8-7-12(3)23-13/h4-8H,9H2,1-3H3,(H,18,19,20,21). The molecule has 0 aliphatic carbocycles. The van der Waals surface area contributed by atoms with Crippen LogP contribution in [0.2, 0.25) is 0 Å². The number of para-hydroxylation sites is 1. The molecule has 0 atom stereocenters. The van der Waals surface area contributed by atoms with Gasteiger partial charge < -0.3 is 4.74 Å². The smallest absolute Gasteiger partial charge is 0.264 e. The minimum Gasteiger partial charge on any atom is -0.483 e. The first-order valence-electron chi connectivity index (χ1n) is 7.42. The molecule has 0 saturated carbocycles. The number of hydrogen-bond acceptors (Lipinski definition) is 6. The first kappa shape index (κ1) is 16.6. The molecular formula is C17H17N3O2S2. The van der Waals surface area contributed by atoms with Crippen molar-refractivity contribution in [2.75, 3.05) is 11.9 Å². The van der Waals surface area contributed by atoms with Crippen LogP contribution in [0.4, 0.5) is 5.13 Å². The number of rotatable bonds is 5. The first-order valence-corrected chi connectivity index (χ1v) is 9.01. The monoisotopic (exact) mass is 359 g/mol. The van der Waals surface area contributed by atoms with Crippen LogP contribution in [0.15, 0.2) is 30.3 Å². The summed E-state index contributed by atoms with van der Waals surface area (Å²) >= 11 is 2.80. The first-order chi connectivity index (χ1) is 11.5. The van der Waals surface area contributed by atoms with Crippen LogP contribution in [-0.2, 0) is 4.79 Å². The van der Waals surface area contributed by atoms with Crippen molar-refractivity contribution in [3.63, 3.8) is 0 Å². The summed E-state index contributed by atoms with van der Waals surface area (Å²) in [6.45, 7) is 5.90. The lowest BCUT2D eigenvalue weighted by Crippen LogP contribution is -2.20. The van der Waals surface area contributed by atoms with Gasteiger partial charge >= 0.3 is 0 Å². The molecule has 3 aromatic rings. The molecule has 0 fully saturated rings. The second-order valence-corrected chi connectivity index (χ2v) is 7.43. The molecule has 0 saturated heterocycles. The maximum atomic E-state index is 12.1. The van der Waals surface area contributed by atoms with Crippen LogP contribution in [0.3, 0.4) is 0 Å². The fraction of sp³-hybridized carbons (Fsp3) is 0.235. The van der Waals surface area contributed by atoms with E-state index in [-0.39, 0.29) is 12.5 Å². The molecule has 0 bridgehead atoms. The van der Waals surface area contributed by atoms with E-state index in [1.54, 1.807) is 11.3 Å². The molecule has 1 N–H and O–H groups in total. The third-order valence-electron chi connectivity index (χ3n) is 3.39. The Morgan fingerprint density at radius 1 is 1.17 bits per heavy atom. The quantitative estimate of drug-likeness (QED) is 0.741. The highest BCUT2D eigenvalue weighted by Gasteiger charge is 2.12. The highest BCUT2D eigenvalue weighted by atomic mass is 32.1. The Labute approximate surface area is 148 Å². The number of nitrogens with one attached hydrogen (secondary N) is 1. The Bertz CT molecular complexity index is 850. The minimum absolute atomic E-state index is 0.0568. The molecular weight excluding hydrogens is 342 g/mol. The maximum absolute atomic E-state index is 12.1. The summed E-state index contributed by atoms with van der Waals surface area (Å²) in [5.74, 6) is 1.14. The van der Waals surface area contributed by atoms with Gasteiger partial charge in [0.2, 0.25) is 5.13 Å². The third kappa shape index (κ3) is 3.80. The van der Waals surface area contributed by atoms with Crippen LogP contribution in [0, 0.1) is 20.8 Å². The Hall–Kier alpha value is -2.25. The zero-order valence-electron chi connectivity index (χ0n) is 13.6. The van der Waals surface area contributed by atoms with Crippen LogP contribution in [-0.4, -0.2) is 21.9 Å².